The summed E-state index contributed by atoms with van der Waals surface area (Å²) >= 11 is 6.12. The molecule has 178 valence electrons. The summed E-state index contributed by atoms with van der Waals surface area (Å²) in [5.41, 5.74) is 0.975. The Morgan fingerprint density at radius 1 is 1.21 bits per heavy atom. The summed E-state index contributed by atoms with van der Waals surface area (Å²) < 4.78 is 16.9. The second-order valence-electron chi connectivity index (χ2n) is 8.44. The summed E-state index contributed by atoms with van der Waals surface area (Å²) in [6, 6.07) is 6.37. The Morgan fingerprint density at radius 2 is 1.97 bits per heavy atom. The molecule has 2 amide bonds. The number of hydrogen-bond donors (Lipinski definition) is 2. The Hall–Kier alpha value is -3.46. The summed E-state index contributed by atoms with van der Waals surface area (Å²) in [5.74, 6) is -1.47. The van der Waals surface area contributed by atoms with Crippen LogP contribution in [0.25, 0.3) is 11.1 Å². The zero-order valence-electron chi connectivity index (χ0n) is 18.6. The quantitative estimate of drug-likeness (QED) is 0.409. The molecule has 1 aliphatic carbocycles. The summed E-state index contributed by atoms with van der Waals surface area (Å²) in [5, 5.41) is 21.4. The van der Waals surface area contributed by atoms with Crippen molar-refractivity contribution in [3.05, 3.63) is 70.7 Å². The Balaban J connectivity index is 1.54. The Labute approximate surface area is 201 Å². The zero-order valence-corrected chi connectivity index (χ0v) is 19.4. The monoisotopic (exact) mass is 485 g/mol. The van der Waals surface area contributed by atoms with Crippen LogP contribution in [-0.4, -0.2) is 27.6 Å². The number of aryl methyl sites for hydroxylation is 1. The van der Waals surface area contributed by atoms with Crippen molar-refractivity contribution in [1.29, 1.82) is 0 Å². The standard InChI is InChI=1S/C24H25ClFN5O3/c1-30-21(9-11-27-30)23(32)29-22(15-5-3-2-4-6-15)24(33)28-16-7-8-17(20(26)13-16)18-14-31(34)12-10-19(18)25/h7-15,22H,2-6H2,1H3,(H,28,33)(H,29,32)/t22-/m0/s1. The maximum atomic E-state index is 14.9. The molecule has 2 N–H and O–H groups in total. The second kappa shape index (κ2) is 10.2. The number of nitrogens with zero attached hydrogens (tertiary/aromatic N) is 3. The minimum atomic E-state index is -0.770. The van der Waals surface area contributed by atoms with Crippen molar-refractivity contribution in [3.63, 3.8) is 0 Å². The van der Waals surface area contributed by atoms with Gasteiger partial charge in [-0.3, -0.25) is 14.3 Å². The van der Waals surface area contributed by atoms with Crippen molar-refractivity contribution in [2.75, 3.05) is 5.32 Å². The van der Waals surface area contributed by atoms with Gasteiger partial charge in [-0.05, 0) is 43.0 Å². The number of anilines is 1. The average molecular weight is 486 g/mol. The van der Waals surface area contributed by atoms with E-state index in [0.717, 1.165) is 32.1 Å². The summed E-state index contributed by atoms with van der Waals surface area (Å²) in [6.45, 7) is 0. The summed E-state index contributed by atoms with van der Waals surface area (Å²) in [7, 11) is 1.65. The van der Waals surface area contributed by atoms with Crippen molar-refractivity contribution < 1.29 is 18.7 Å². The molecule has 1 atom stereocenters. The molecule has 0 saturated heterocycles. The van der Waals surface area contributed by atoms with E-state index in [1.807, 2.05) is 0 Å². The van der Waals surface area contributed by atoms with Crippen LogP contribution in [0.3, 0.4) is 0 Å². The molecule has 0 spiro atoms. The van der Waals surface area contributed by atoms with Crippen molar-refractivity contribution >= 4 is 29.1 Å². The van der Waals surface area contributed by atoms with E-state index in [0.29, 0.717) is 10.4 Å². The number of halogens is 2. The molecule has 1 fully saturated rings. The van der Waals surface area contributed by atoms with E-state index in [9.17, 15) is 19.2 Å². The largest absolute Gasteiger partial charge is 0.619 e. The van der Waals surface area contributed by atoms with Crippen LogP contribution in [0.1, 0.15) is 42.6 Å². The number of aromatic nitrogens is 3. The molecular weight excluding hydrogens is 461 g/mol. The Bertz CT molecular complexity index is 1210. The minimum absolute atomic E-state index is 0.0225. The highest BCUT2D eigenvalue weighted by Crippen LogP contribution is 2.31. The van der Waals surface area contributed by atoms with E-state index in [4.69, 9.17) is 11.6 Å². The van der Waals surface area contributed by atoms with Crippen LogP contribution in [0.5, 0.6) is 0 Å². The van der Waals surface area contributed by atoms with Gasteiger partial charge >= 0.3 is 0 Å². The van der Waals surface area contributed by atoms with Gasteiger partial charge in [0.2, 0.25) is 5.91 Å². The molecule has 0 unspecified atom stereocenters. The number of rotatable bonds is 6. The van der Waals surface area contributed by atoms with E-state index in [-0.39, 0.29) is 27.8 Å². The normalized spacial score (nSPS) is 15.0. The SMILES string of the molecule is Cn1nccc1C(=O)N[C@H](C(=O)Nc1ccc(-c2c[n+]([O-])ccc2Cl)c(F)c1)C1CCCCC1. The van der Waals surface area contributed by atoms with E-state index in [2.05, 4.69) is 15.7 Å². The van der Waals surface area contributed by atoms with E-state index < -0.39 is 23.7 Å². The van der Waals surface area contributed by atoms with E-state index in [1.165, 1.54) is 47.5 Å². The predicted octanol–water partition coefficient (Wildman–Crippen LogP) is 3.83. The summed E-state index contributed by atoms with van der Waals surface area (Å²) in [4.78, 5) is 26.0. The Morgan fingerprint density at radius 3 is 2.65 bits per heavy atom. The van der Waals surface area contributed by atoms with Gasteiger partial charge in [0.15, 0.2) is 12.4 Å². The number of hydrogen-bond acceptors (Lipinski definition) is 4. The first kappa shape index (κ1) is 23.7. The minimum Gasteiger partial charge on any atom is -0.619 e. The highest BCUT2D eigenvalue weighted by Gasteiger charge is 2.32. The first-order valence-corrected chi connectivity index (χ1v) is 11.5. The molecule has 1 aromatic carbocycles. The predicted molar refractivity (Wildman–Crippen MR) is 125 cm³/mol. The van der Waals surface area contributed by atoms with Crippen LogP contribution in [0.15, 0.2) is 48.9 Å². The smallest absolute Gasteiger partial charge is 0.270 e. The van der Waals surface area contributed by atoms with Gasteiger partial charge in [-0.25, -0.2) is 4.39 Å². The molecule has 0 aliphatic heterocycles. The summed E-state index contributed by atoms with van der Waals surface area (Å²) in [6.07, 6.45) is 8.63. The van der Waals surface area contributed by atoms with Gasteiger partial charge in [0.25, 0.3) is 5.91 Å². The first-order valence-electron chi connectivity index (χ1n) is 11.1. The molecule has 8 nitrogen and oxygen atoms in total. The van der Waals surface area contributed by atoms with Crippen LogP contribution in [0.2, 0.25) is 5.02 Å². The van der Waals surface area contributed by atoms with Crippen LogP contribution in [0, 0.1) is 16.9 Å². The third-order valence-corrected chi connectivity index (χ3v) is 6.48. The fraction of sp³-hybridized carbons (Fsp3) is 0.333. The van der Waals surface area contributed by atoms with Crippen LogP contribution < -0.4 is 15.4 Å². The lowest BCUT2D eigenvalue weighted by Crippen LogP contribution is -2.49. The molecule has 2 heterocycles. The number of nitrogens with one attached hydrogen (secondary N) is 2. The van der Waals surface area contributed by atoms with E-state index >= 15 is 0 Å². The fourth-order valence-electron chi connectivity index (χ4n) is 4.37. The lowest BCUT2D eigenvalue weighted by atomic mass is 9.83. The lowest BCUT2D eigenvalue weighted by molar-refractivity contribution is -0.604. The maximum absolute atomic E-state index is 14.9. The second-order valence-corrected chi connectivity index (χ2v) is 8.85. The van der Waals surface area contributed by atoms with Crippen LogP contribution in [-0.2, 0) is 11.8 Å². The molecule has 0 radical (unpaired) electrons. The molecule has 1 aliphatic rings. The van der Waals surface area contributed by atoms with Gasteiger partial charge in [-0.1, -0.05) is 30.9 Å². The number of carbonyl (C=O) groups is 2. The van der Waals surface area contributed by atoms with Crippen LogP contribution in [0.4, 0.5) is 10.1 Å². The molecule has 4 rings (SSSR count). The highest BCUT2D eigenvalue weighted by molar-refractivity contribution is 6.33. The molecule has 3 aromatic rings. The van der Waals surface area contributed by atoms with Gasteiger partial charge in [0.05, 0.1) is 10.6 Å². The number of benzene rings is 1. The number of carbonyl (C=O) groups excluding carboxylic acids is 2. The molecule has 34 heavy (non-hydrogen) atoms. The molecule has 10 heteroatoms. The van der Waals surface area contributed by atoms with E-state index in [1.54, 1.807) is 13.1 Å². The third kappa shape index (κ3) is 5.20. The van der Waals surface area contributed by atoms with Gasteiger partial charge in [-0.15, -0.1) is 0 Å². The van der Waals surface area contributed by atoms with Gasteiger partial charge in [0.1, 0.15) is 17.6 Å². The average Bonchev–Trinajstić information content (AvgIpc) is 3.25. The first-order chi connectivity index (χ1) is 16.3. The highest BCUT2D eigenvalue weighted by atomic mass is 35.5. The fourth-order valence-corrected chi connectivity index (χ4v) is 4.57. The number of amides is 2. The molecule has 1 saturated carbocycles. The van der Waals surface area contributed by atoms with Crippen molar-refractivity contribution in [2.24, 2.45) is 13.0 Å². The van der Waals surface area contributed by atoms with Crippen molar-refractivity contribution in [1.82, 2.24) is 15.1 Å². The molecule has 2 aromatic heterocycles. The zero-order chi connectivity index (χ0) is 24.2. The van der Waals surface area contributed by atoms with Crippen molar-refractivity contribution in [2.45, 2.75) is 38.1 Å². The molecule has 0 bridgehead atoms. The number of pyridine rings is 1. The topological polar surface area (TPSA) is 103 Å². The third-order valence-electron chi connectivity index (χ3n) is 6.15. The lowest BCUT2D eigenvalue weighted by Gasteiger charge is -2.30. The van der Waals surface area contributed by atoms with Crippen molar-refractivity contribution in [3.8, 4) is 11.1 Å². The molecular formula is C24H25ClFN5O3. The van der Waals surface area contributed by atoms with Gasteiger partial charge in [-0.2, -0.15) is 9.83 Å². The van der Waals surface area contributed by atoms with Gasteiger partial charge in [0, 0.05) is 30.6 Å². The maximum Gasteiger partial charge on any atom is 0.270 e. The van der Waals surface area contributed by atoms with Gasteiger partial charge < -0.3 is 15.8 Å². The van der Waals surface area contributed by atoms with Crippen LogP contribution >= 0.6 is 11.6 Å². The Kier molecular flexibility index (Phi) is 7.12.